The monoisotopic (exact) mass is 495 g/mol. The quantitative estimate of drug-likeness (QED) is 0.471. The van der Waals surface area contributed by atoms with Gasteiger partial charge >= 0.3 is 5.69 Å². The molecule has 2 bridgehead atoms. The summed E-state index contributed by atoms with van der Waals surface area (Å²) in [6, 6.07) is 7.22. The summed E-state index contributed by atoms with van der Waals surface area (Å²) in [5, 5.41) is 39.4. The van der Waals surface area contributed by atoms with Crippen molar-refractivity contribution in [3.63, 3.8) is 0 Å². The van der Waals surface area contributed by atoms with Gasteiger partial charge in [-0.05, 0) is 57.0 Å². The molecule has 188 valence electrons. The maximum atomic E-state index is 12.3. The van der Waals surface area contributed by atoms with Crippen molar-refractivity contribution in [1.82, 2.24) is 4.90 Å². The molecule has 2 aromatic rings. The molecule has 2 fully saturated rings. The average molecular weight is 495 g/mol. The number of nitrogens with one attached hydrogen (secondary N) is 1. The summed E-state index contributed by atoms with van der Waals surface area (Å²) in [6.07, 6.45) is 1.66. The van der Waals surface area contributed by atoms with Crippen LogP contribution in [-0.2, 0) is 11.8 Å². The molecule has 2 N–H and O–H groups in total. The van der Waals surface area contributed by atoms with Gasteiger partial charge in [0.15, 0.2) is 17.6 Å². The van der Waals surface area contributed by atoms with Crippen LogP contribution in [0.4, 0.5) is 17.1 Å². The predicted molar refractivity (Wildman–Crippen MR) is 129 cm³/mol. The normalized spacial score (nSPS) is 30.9. The number of benzene rings is 2. The summed E-state index contributed by atoms with van der Waals surface area (Å²) in [5.41, 5.74) is 2.94. The van der Waals surface area contributed by atoms with Crippen LogP contribution in [0.1, 0.15) is 30.4 Å². The Balaban J connectivity index is 1.45. The van der Waals surface area contributed by atoms with Crippen molar-refractivity contribution in [2.75, 3.05) is 26.1 Å². The summed E-state index contributed by atoms with van der Waals surface area (Å²) in [5.74, 6) is 1.22. The van der Waals surface area contributed by atoms with E-state index in [1.807, 2.05) is 19.2 Å². The number of likely N-dealkylation sites (N-methyl/N-ethyl adjacent to an activating group) is 1. The lowest BCUT2D eigenvalue weighted by atomic mass is 9.49. The Morgan fingerprint density at radius 1 is 1.22 bits per heavy atom. The zero-order valence-electron chi connectivity index (χ0n) is 19.8. The molecular weight excluding hydrogens is 470 g/mol. The number of non-ortho nitro benzene ring substituents is 1. The van der Waals surface area contributed by atoms with Crippen molar-refractivity contribution < 1.29 is 24.4 Å². The highest BCUT2D eigenvalue weighted by Gasteiger charge is 2.72. The number of nitro benzene ring substituents is 2. The maximum Gasteiger partial charge on any atom is 0.301 e. The van der Waals surface area contributed by atoms with Crippen molar-refractivity contribution in [2.45, 2.75) is 48.8 Å². The SMILES string of the molecule is COc1ccc2c3c1O[C@H]1C(=NNc4ccc([N+](=O)[O-])cc4[N+](=O)[O-])CC[C@@]4(O)[C@@H](C2)N(C)CC[C@]314. The molecule has 4 aliphatic rings. The third kappa shape index (κ3) is 2.79. The highest BCUT2D eigenvalue weighted by molar-refractivity contribution is 5.95. The molecule has 2 aliphatic heterocycles. The number of hydrazone groups is 1. The lowest BCUT2D eigenvalue weighted by Crippen LogP contribution is -2.76. The second-order valence-electron chi connectivity index (χ2n) is 9.91. The van der Waals surface area contributed by atoms with Gasteiger partial charge < -0.3 is 19.5 Å². The van der Waals surface area contributed by atoms with E-state index in [4.69, 9.17) is 9.47 Å². The highest BCUT2D eigenvalue weighted by atomic mass is 16.6. The molecule has 1 saturated carbocycles. The summed E-state index contributed by atoms with van der Waals surface area (Å²) in [7, 11) is 3.62. The number of aliphatic hydroxyl groups is 1. The lowest BCUT2D eigenvalue weighted by Gasteiger charge is -2.62. The third-order valence-corrected chi connectivity index (χ3v) is 8.46. The number of hydrogen-bond donors (Lipinski definition) is 2. The summed E-state index contributed by atoms with van der Waals surface area (Å²) < 4.78 is 12.1. The van der Waals surface area contributed by atoms with E-state index < -0.39 is 32.7 Å². The van der Waals surface area contributed by atoms with Gasteiger partial charge in [0.2, 0.25) is 0 Å². The van der Waals surface area contributed by atoms with Gasteiger partial charge in [0.25, 0.3) is 5.69 Å². The van der Waals surface area contributed by atoms with Crippen LogP contribution in [-0.4, -0.2) is 64.0 Å². The Morgan fingerprint density at radius 3 is 2.75 bits per heavy atom. The van der Waals surface area contributed by atoms with Gasteiger partial charge in [0.05, 0.1) is 39.8 Å². The van der Waals surface area contributed by atoms with Crippen molar-refractivity contribution >= 4 is 22.8 Å². The Labute approximate surface area is 205 Å². The fourth-order valence-corrected chi connectivity index (χ4v) is 6.83. The Hall–Kier alpha value is -3.77. The molecule has 2 aliphatic carbocycles. The topological polar surface area (TPSA) is 153 Å². The fourth-order valence-electron chi connectivity index (χ4n) is 6.83. The first-order valence-electron chi connectivity index (χ1n) is 11.8. The van der Waals surface area contributed by atoms with Crippen LogP contribution < -0.4 is 14.9 Å². The van der Waals surface area contributed by atoms with Gasteiger partial charge in [0.1, 0.15) is 5.69 Å². The molecule has 12 heteroatoms. The molecule has 2 aromatic carbocycles. The number of ether oxygens (including phenoxy) is 2. The molecule has 4 atom stereocenters. The van der Waals surface area contributed by atoms with Crippen LogP contribution in [0.2, 0.25) is 0 Å². The number of nitro groups is 2. The molecule has 1 saturated heterocycles. The van der Waals surface area contributed by atoms with Crippen LogP contribution in [0, 0.1) is 20.2 Å². The fraction of sp³-hybridized carbons (Fsp3) is 0.458. The third-order valence-electron chi connectivity index (χ3n) is 8.46. The van der Waals surface area contributed by atoms with E-state index in [1.165, 1.54) is 12.1 Å². The van der Waals surface area contributed by atoms with E-state index in [0.717, 1.165) is 23.7 Å². The molecule has 0 amide bonds. The number of rotatable bonds is 5. The summed E-state index contributed by atoms with van der Waals surface area (Å²) in [4.78, 5) is 23.5. The number of likely N-dealkylation sites (tertiary alicyclic amines) is 1. The van der Waals surface area contributed by atoms with Gasteiger partial charge in [0, 0.05) is 17.7 Å². The number of methoxy groups -OCH3 is 1. The smallest absolute Gasteiger partial charge is 0.301 e. The van der Waals surface area contributed by atoms with Crippen LogP contribution in [0.25, 0.3) is 0 Å². The van der Waals surface area contributed by atoms with Crippen molar-refractivity contribution in [1.29, 1.82) is 0 Å². The molecular formula is C24H25N5O7. The first kappa shape index (κ1) is 22.7. The number of nitrogens with zero attached hydrogens (tertiary/aromatic N) is 4. The molecule has 0 unspecified atom stereocenters. The number of hydrogen-bond acceptors (Lipinski definition) is 10. The standard InChI is InChI=1S/C24H25N5O7/c1-27-10-9-23-20-13-3-6-18(35-2)21(20)36-22(23)16(7-8-24(23,30)19(27)11-13)26-25-15-5-4-14(28(31)32)12-17(15)29(33)34/h3-6,12,19,22,25,30H,7-11H2,1-2H3/t19-,22+,23+,24-/m1/s1. The minimum atomic E-state index is -1.03. The predicted octanol–water partition coefficient (Wildman–Crippen LogP) is 2.76. The molecule has 36 heavy (non-hydrogen) atoms. The van der Waals surface area contributed by atoms with E-state index in [0.29, 0.717) is 42.9 Å². The Bertz CT molecular complexity index is 1350. The van der Waals surface area contributed by atoms with E-state index in [1.54, 1.807) is 7.11 Å². The van der Waals surface area contributed by atoms with Gasteiger partial charge in [-0.2, -0.15) is 5.10 Å². The molecule has 1 spiro atoms. The largest absolute Gasteiger partial charge is 0.493 e. The van der Waals surface area contributed by atoms with Crippen LogP contribution >= 0.6 is 0 Å². The maximum absolute atomic E-state index is 12.3. The van der Waals surface area contributed by atoms with Gasteiger partial charge in [-0.1, -0.05) is 6.07 Å². The lowest BCUT2D eigenvalue weighted by molar-refractivity contribution is -0.393. The first-order chi connectivity index (χ1) is 17.2. The summed E-state index contributed by atoms with van der Waals surface area (Å²) in [6.45, 7) is 0.775. The highest BCUT2D eigenvalue weighted by Crippen LogP contribution is 2.64. The van der Waals surface area contributed by atoms with Gasteiger partial charge in [-0.25, -0.2) is 0 Å². The minimum Gasteiger partial charge on any atom is -0.493 e. The van der Waals surface area contributed by atoms with Gasteiger partial charge in [-0.15, -0.1) is 0 Å². The summed E-state index contributed by atoms with van der Waals surface area (Å²) >= 11 is 0. The average Bonchev–Trinajstić information content (AvgIpc) is 3.21. The van der Waals surface area contributed by atoms with E-state index in [9.17, 15) is 25.3 Å². The second kappa shape index (κ2) is 7.61. The Kier molecular flexibility index (Phi) is 4.80. The minimum absolute atomic E-state index is 0.0371. The number of piperidine rings is 1. The molecule has 6 rings (SSSR count). The zero-order chi connectivity index (χ0) is 25.4. The first-order valence-corrected chi connectivity index (χ1v) is 11.8. The molecule has 12 nitrogen and oxygen atoms in total. The van der Waals surface area contributed by atoms with Crippen LogP contribution in [0.3, 0.4) is 0 Å². The van der Waals surface area contributed by atoms with Gasteiger partial charge in [-0.3, -0.25) is 25.7 Å². The van der Waals surface area contributed by atoms with E-state index >= 15 is 0 Å². The molecule has 2 heterocycles. The van der Waals surface area contributed by atoms with E-state index in [-0.39, 0.29) is 17.4 Å². The molecule has 0 aromatic heterocycles. The second-order valence-corrected chi connectivity index (χ2v) is 9.91. The van der Waals surface area contributed by atoms with Crippen molar-refractivity contribution in [3.05, 3.63) is 61.7 Å². The van der Waals surface area contributed by atoms with Crippen LogP contribution in [0.5, 0.6) is 11.5 Å². The zero-order valence-corrected chi connectivity index (χ0v) is 19.8. The van der Waals surface area contributed by atoms with Crippen molar-refractivity contribution in [3.8, 4) is 11.5 Å². The number of anilines is 1. The van der Waals surface area contributed by atoms with Crippen LogP contribution in [0.15, 0.2) is 35.4 Å². The van der Waals surface area contributed by atoms with Crippen molar-refractivity contribution in [2.24, 2.45) is 5.10 Å². The van der Waals surface area contributed by atoms with E-state index in [2.05, 4.69) is 15.4 Å². The molecule has 0 radical (unpaired) electrons. The Morgan fingerprint density at radius 2 is 2.03 bits per heavy atom.